The quantitative estimate of drug-likeness (QED) is 0.264. The molecule has 0 saturated carbocycles. The van der Waals surface area contributed by atoms with Crippen molar-refractivity contribution in [2.45, 2.75) is 25.4 Å². The number of thioether (sulfide) groups is 1. The molecule has 0 radical (unpaired) electrons. The number of aromatic nitrogens is 5. The molecule has 0 unspecified atom stereocenters. The largest absolute Gasteiger partial charge is 0.573 e. The van der Waals surface area contributed by atoms with Crippen molar-refractivity contribution in [1.82, 2.24) is 25.0 Å². The van der Waals surface area contributed by atoms with E-state index >= 15 is 0 Å². The average molecular weight is 468 g/mol. The molecule has 0 bridgehead atoms. The smallest absolute Gasteiger partial charge is 0.406 e. The van der Waals surface area contributed by atoms with E-state index in [1.807, 2.05) is 20.9 Å². The highest BCUT2D eigenvalue weighted by molar-refractivity contribution is 7.99. The lowest BCUT2D eigenvalue weighted by Crippen LogP contribution is -2.17. The number of nitrogens with one attached hydrogen (secondary N) is 3. The second-order valence-corrected chi connectivity index (χ2v) is 7.40. The number of benzene rings is 1. The number of H-pyrrole nitrogens is 1. The van der Waals surface area contributed by atoms with E-state index in [-0.39, 0.29) is 17.4 Å². The van der Waals surface area contributed by atoms with E-state index in [1.165, 1.54) is 12.1 Å². The maximum atomic E-state index is 12.2. The van der Waals surface area contributed by atoms with Crippen molar-refractivity contribution in [3.8, 4) is 5.75 Å². The van der Waals surface area contributed by atoms with Crippen LogP contribution < -0.4 is 15.5 Å². The molecule has 0 atom stereocenters. The molecule has 32 heavy (non-hydrogen) atoms. The van der Waals surface area contributed by atoms with Gasteiger partial charge in [0, 0.05) is 24.0 Å². The van der Waals surface area contributed by atoms with Gasteiger partial charge in [-0.3, -0.25) is 9.48 Å². The molecule has 2 aromatic heterocycles. The topological polar surface area (TPSA) is 122 Å². The Bertz CT molecular complexity index is 1110. The highest BCUT2D eigenvalue weighted by Gasteiger charge is 2.30. The van der Waals surface area contributed by atoms with Gasteiger partial charge in [0.2, 0.25) is 17.0 Å². The molecule has 0 fully saturated rings. The number of carbonyl (C=O) groups is 1. The van der Waals surface area contributed by atoms with Gasteiger partial charge in [0.1, 0.15) is 5.75 Å². The molecule has 2 heterocycles. The third kappa shape index (κ3) is 6.47. The summed E-state index contributed by atoms with van der Waals surface area (Å²) in [5.41, 5.74) is 5.76. The predicted octanol–water partition coefficient (Wildman–Crippen LogP) is 3.23. The summed E-state index contributed by atoms with van der Waals surface area (Å²) in [6, 6.07) is 4.83. The molecule has 0 saturated heterocycles. The van der Waals surface area contributed by atoms with E-state index in [4.69, 9.17) is 0 Å². The molecule has 0 aliphatic heterocycles. The van der Waals surface area contributed by atoms with Crippen LogP contribution in [0.4, 0.5) is 24.8 Å². The van der Waals surface area contributed by atoms with Crippen molar-refractivity contribution in [2.24, 2.45) is 12.1 Å². The second-order valence-electron chi connectivity index (χ2n) is 6.45. The minimum Gasteiger partial charge on any atom is -0.406 e. The van der Waals surface area contributed by atoms with E-state index in [1.54, 1.807) is 10.9 Å². The first-order valence-electron chi connectivity index (χ1n) is 9.11. The number of hydrogen-bond acceptors (Lipinski definition) is 8. The lowest BCUT2D eigenvalue weighted by molar-refractivity contribution is -0.274. The summed E-state index contributed by atoms with van der Waals surface area (Å²) in [5.74, 6) is -0.458. The van der Waals surface area contributed by atoms with E-state index in [2.05, 4.69) is 40.9 Å². The molecule has 0 aliphatic carbocycles. The number of hydrazone groups is 1. The van der Waals surface area contributed by atoms with Gasteiger partial charge in [0.15, 0.2) is 0 Å². The zero-order chi connectivity index (χ0) is 23.3. The van der Waals surface area contributed by atoms with Crippen LogP contribution in [0.5, 0.6) is 5.75 Å². The van der Waals surface area contributed by atoms with E-state index in [0.717, 1.165) is 40.8 Å². The molecule has 170 valence electrons. The summed E-state index contributed by atoms with van der Waals surface area (Å²) < 4.78 is 42.0. The number of anilines is 2. The van der Waals surface area contributed by atoms with Crippen LogP contribution in [0.2, 0.25) is 0 Å². The minimum atomic E-state index is -4.77. The third-order valence-corrected chi connectivity index (χ3v) is 4.95. The van der Waals surface area contributed by atoms with Crippen LogP contribution >= 0.6 is 11.8 Å². The standard InChI is InChI=1S/C18H19F3N8O2S/c1-10-14(11(2)29(3)28-10)8-22-25-16-24-17(27-26-16)32-9-15(30)23-12-4-6-13(7-5-12)31-18(19,20)21/h4-8H,9H2,1-3H3,(H,23,30)(H2,24,25,26,27)/b22-8+. The summed E-state index contributed by atoms with van der Waals surface area (Å²) >= 11 is 1.07. The Morgan fingerprint density at radius 3 is 2.66 bits per heavy atom. The number of aromatic amines is 1. The van der Waals surface area contributed by atoms with Gasteiger partial charge in [-0.15, -0.1) is 18.3 Å². The molecule has 1 aromatic carbocycles. The Hall–Kier alpha value is -3.55. The van der Waals surface area contributed by atoms with Crippen molar-refractivity contribution in [1.29, 1.82) is 0 Å². The van der Waals surface area contributed by atoms with Gasteiger partial charge in [-0.05, 0) is 38.1 Å². The van der Waals surface area contributed by atoms with Gasteiger partial charge < -0.3 is 10.1 Å². The fourth-order valence-electron chi connectivity index (χ4n) is 2.56. The van der Waals surface area contributed by atoms with Crippen molar-refractivity contribution >= 4 is 35.5 Å². The number of nitrogens with zero attached hydrogens (tertiary/aromatic N) is 5. The fraction of sp³-hybridized carbons (Fsp3) is 0.278. The van der Waals surface area contributed by atoms with E-state index < -0.39 is 6.36 Å². The summed E-state index contributed by atoms with van der Waals surface area (Å²) in [5, 5.41) is 17.9. The van der Waals surface area contributed by atoms with Gasteiger partial charge in [0.25, 0.3) is 0 Å². The van der Waals surface area contributed by atoms with Crippen LogP contribution in [-0.4, -0.2) is 49.2 Å². The fourth-order valence-corrected chi connectivity index (χ4v) is 3.16. The molecule has 0 aliphatic rings. The number of rotatable bonds is 8. The molecule has 14 heteroatoms. The Kier molecular flexibility index (Phi) is 7.02. The van der Waals surface area contributed by atoms with Crippen LogP contribution in [-0.2, 0) is 11.8 Å². The molecule has 3 rings (SSSR count). The van der Waals surface area contributed by atoms with Crippen LogP contribution in [0.1, 0.15) is 17.0 Å². The minimum absolute atomic E-state index is 0.00453. The van der Waals surface area contributed by atoms with Crippen LogP contribution in [0.15, 0.2) is 34.5 Å². The lowest BCUT2D eigenvalue weighted by Gasteiger charge is -2.09. The van der Waals surface area contributed by atoms with Gasteiger partial charge in [0.05, 0.1) is 17.7 Å². The highest BCUT2D eigenvalue weighted by atomic mass is 32.2. The van der Waals surface area contributed by atoms with Gasteiger partial charge in [-0.1, -0.05) is 11.8 Å². The predicted molar refractivity (Wildman–Crippen MR) is 113 cm³/mol. The van der Waals surface area contributed by atoms with Gasteiger partial charge >= 0.3 is 6.36 Å². The molecular formula is C18H19F3N8O2S. The van der Waals surface area contributed by atoms with Crippen molar-refractivity contribution < 1.29 is 22.7 Å². The van der Waals surface area contributed by atoms with Crippen LogP contribution in [0.25, 0.3) is 0 Å². The van der Waals surface area contributed by atoms with Gasteiger partial charge in [-0.25, -0.2) is 10.5 Å². The SMILES string of the molecule is Cc1nn(C)c(C)c1/C=N/Nc1nc(SCC(=O)Nc2ccc(OC(F)(F)F)cc2)n[nH]1. The average Bonchev–Trinajstić information content (AvgIpc) is 3.26. The van der Waals surface area contributed by atoms with Crippen molar-refractivity contribution in [2.75, 3.05) is 16.5 Å². The van der Waals surface area contributed by atoms with Crippen LogP contribution in [0, 0.1) is 13.8 Å². The monoisotopic (exact) mass is 468 g/mol. The van der Waals surface area contributed by atoms with Crippen LogP contribution in [0.3, 0.4) is 0 Å². The van der Waals surface area contributed by atoms with Crippen molar-refractivity contribution in [3.05, 3.63) is 41.2 Å². The number of halogens is 3. The molecule has 0 spiro atoms. The molecule has 1 amide bonds. The second kappa shape index (κ2) is 9.72. The Morgan fingerprint density at radius 2 is 2.03 bits per heavy atom. The first-order chi connectivity index (χ1) is 15.1. The first-order valence-corrected chi connectivity index (χ1v) is 10.1. The molecule has 3 N–H and O–H groups in total. The summed E-state index contributed by atoms with van der Waals surface area (Å²) in [4.78, 5) is 16.2. The number of hydrogen-bond donors (Lipinski definition) is 3. The summed E-state index contributed by atoms with van der Waals surface area (Å²) in [6.07, 6.45) is -3.14. The third-order valence-electron chi connectivity index (χ3n) is 4.10. The first kappa shape index (κ1) is 23.1. The van der Waals surface area contributed by atoms with Gasteiger partial charge in [-0.2, -0.15) is 15.2 Å². The molecule has 10 nitrogen and oxygen atoms in total. The Morgan fingerprint density at radius 1 is 1.31 bits per heavy atom. The number of aryl methyl sites for hydroxylation is 2. The van der Waals surface area contributed by atoms with E-state index in [9.17, 15) is 18.0 Å². The van der Waals surface area contributed by atoms with Crippen molar-refractivity contribution in [3.63, 3.8) is 0 Å². The normalized spacial score (nSPS) is 11.7. The highest BCUT2D eigenvalue weighted by Crippen LogP contribution is 2.24. The zero-order valence-electron chi connectivity index (χ0n) is 17.2. The molecular weight excluding hydrogens is 449 g/mol. The lowest BCUT2D eigenvalue weighted by atomic mass is 10.2. The maximum absolute atomic E-state index is 12.2. The van der Waals surface area contributed by atoms with E-state index in [0.29, 0.717) is 16.8 Å². The summed E-state index contributed by atoms with van der Waals surface area (Å²) in [7, 11) is 1.85. The number of amides is 1. The Balaban J connectivity index is 1.46. The summed E-state index contributed by atoms with van der Waals surface area (Å²) in [6.45, 7) is 3.81. The maximum Gasteiger partial charge on any atom is 0.573 e. The molecule has 3 aromatic rings. The zero-order valence-corrected chi connectivity index (χ0v) is 18.0. The Labute approximate surface area is 184 Å². The number of alkyl halides is 3. The number of carbonyl (C=O) groups excluding carboxylic acids is 1. The number of ether oxygens (including phenoxy) is 1.